The maximum Gasteiger partial charge on any atom is 0.225 e. The van der Waals surface area contributed by atoms with Gasteiger partial charge in [-0.05, 0) is 26.0 Å². The van der Waals surface area contributed by atoms with Gasteiger partial charge in [0.2, 0.25) is 5.91 Å². The third-order valence-electron chi connectivity index (χ3n) is 3.31. The van der Waals surface area contributed by atoms with Crippen LogP contribution in [0.4, 0.5) is 5.69 Å². The van der Waals surface area contributed by atoms with E-state index in [-0.39, 0.29) is 11.5 Å². The Morgan fingerprint density at radius 1 is 1.45 bits per heavy atom. The molecule has 1 aliphatic rings. The van der Waals surface area contributed by atoms with E-state index in [1.54, 1.807) is 12.1 Å². The highest BCUT2D eigenvalue weighted by atomic mass is 35.5. The Morgan fingerprint density at radius 2 is 2.20 bits per heavy atom. The molecule has 0 bridgehead atoms. The first-order valence-corrected chi connectivity index (χ1v) is 7.25. The van der Waals surface area contributed by atoms with Crippen LogP contribution in [-0.2, 0) is 9.53 Å². The monoisotopic (exact) mass is 296 g/mol. The van der Waals surface area contributed by atoms with Gasteiger partial charge in [-0.25, -0.2) is 0 Å². The van der Waals surface area contributed by atoms with E-state index in [2.05, 4.69) is 24.1 Å². The molecule has 20 heavy (non-hydrogen) atoms. The summed E-state index contributed by atoms with van der Waals surface area (Å²) in [5, 5.41) is 3.40. The van der Waals surface area contributed by atoms with Crippen LogP contribution in [0.25, 0.3) is 0 Å². The summed E-state index contributed by atoms with van der Waals surface area (Å²) in [5.41, 5.74) is 0.541. The number of anilines is 1. The molecule has 0 saturated carbocycles. The average Bonchev–Trinajstić information content (AvgIpc) is 2.38. The van der Waals surface area contributed by atoms with Crippen molar-refractivity contribution in [3.05, 3.63) is 29.3 Å². The predicted molar refractivity (Wildman–Crippen MR) is 81.2 cm³/mol. The summed E-state index contributed by atoms with van der Waals surface area (Å²) in [4.78, 5) is 14.2. The lowest BCUT2D eigenvalue weighted by molar-refractivity contribution is -0.118. The fourth-order valence-electron chi connectivity index (χ4n) is 2.34. The van der Waals surface area contributed by atoms with Crippen LogP contribution in [0.2, 0.25) is 5.02 Å². The van der Waals surface area contributed by atoms with E-state index in [0.29, 0.717) is 17.1 Å². The van der Waals surface area contributed by atoms with Crippen LogP contribution < -0.4 is 5.32 Å². The van der Waals surface area contributed by atoms with Crippen LogP contribution in [0.3, 0.4) is 0 Å². The Bertz CT molecular complexity index is 477. The SMILES string of the molecule is CC1(C)CN(CCC(=O)Nc2ccccc2Cl)CCO1. The Morgan fingerprint density at radius 3 is 2.90 bits per heavy atom. The number of benzene rings is 1. The number of hydrogen-bond donors (Lipinski definition) is 1. The number of carbonyl (C=O) groups excluding carboxylic acids is 1. The second-order valence-corrected chi connectivity index (χ2v) is 6.07. The molecule has 1 fully saturated rings. The van der Waals surface area contributed by atoms with Crippen molar-refractivity contribution in [2.75, 3.05) is 31.6 Å². The van der Waals surface area contributed by atoms with Gasteiger partial charge in [0.05, 0.1) is 22.9 Å². The summed E-state index contributed by atoms with van der Waals surface area (Å²) in [7, 11) is 0. The molecule has 0 radical (unpaired) electrons. The minimum absolute atomic E-state index is 0.0117. The standard InChI is InChI=1S/C15H21ClN2O2/c1-15(2)11-18(9-10-20-15)8-7-14(19)17-13-6-4-3-5-12(13)16/h3-6H,7-11H2,1-2H3,(H,17,19). The van der Waals surface area contributed by atoms with Crippen molar-refractivity contribution in [3.63, 3.8) is 0 Å². The number of nitrogens with one attached hydrogen (secondary N) is 1. The molecule has 0 atom stereocenters. The van der Waals surface area contributed by atoms with E-state index in [1.165, 1.54) is 0 Å². The maximum absolute atomic E-state index is 11.9. The highest BCUT2D eigenvalue weighted by molar-refractivity contribution is 6.33. The van der Waals surface area contributed by atoms with Crippen LogP contribution in [0, 0.1) is 0 Å². The molecule has 5 heteroatoms. The Kier molecular flexibility index (Phi) is 5.02. The maximum atomic E-state index is 11.9. The smallest absolute Gasteiger partial charge is 0.225 e. The molecule has 0 aliphatic carbocycles. The van der Waals surface area contributed by atoms with Gasteiger partial charge in [0.15, 0.2) is 0 Å². The summed E-state index contributed by atoms with van der Waals surface area (Å²) in [5.74, 6) is -0.0117. The quantitative estimate of drug-likeness (QED) is 0.929. The summed E-state index contributed by atoms with van der Waals surface area (Å²) < 4.78 is 5.65. The minimum atomic E-state index is -0.128. The van der Waals surface area contributed by atoms with Crippen LogP contribution in [0.15, 0.2) is 24.3 Å². The zero-order valence-corrected chi connectivity index (χ0v) is 12.7. The first-order chi connectivity index (χ1) is 9.46. The summed E-state index contributed by atoms with van der Waals surface area (Å²) in [6.07, 6.45) is 0.460. The molecule has 4 nitrogen and oxygen atoms in total. The molecule has 0 spiro atoms. The largest absolute Gasteiger partial charge is 0.373 e. The molecule has 1 N–H and O–H groups in total. The fraction of sp³-hybridized carbons (Fsp3) is 0.533. The highest BCUT2D eigenvalue weighted by Gasteiger charge is 2.27. The molecule has 2 rings (SSSR count). The Hall–Kier alpha value is -1.10. The Balaban J connectivity index is 1.79. The van der Waals surface area contributed by atoms with Gasteiger partial charge >= 0.3 is 0 Å². The molecule has 1 aliphatic heterocycles. The average molecular weight is 297 g/mol. The van der Waals surface area contributed by atoms with Crippen LogP contribution >= 0.6 is 11.6 Å². The van der Waals surface area contributed by atoms with E-state index >= 15 is 0 Å². The molecule has 0 aromatic heterocycles. The minimum Gasteiger partial charge on any atom is -0.373 e. The second kappa shape index (κ2) is 6.57. The number of para-hydroxylation sites is 1. The summed E-state index contributed by atoms with van der Waals surface area (Å²) in [6.45, 7) is 7.34. The van der Waals surface area contributed by atoms with Crippen molar-refractivity contribution < 1.29 is 9.53 Å². The van der Waals surface area contributed by atoms with E-state index < -0.39 is 0 Å². The molecule has 1 amide bonds. The third-order valence-corrected chi connectivity index (χ3v) is 3.64. The lowest BCUT2D eigenvalue weighted by Crippen LogP contribution is -2.48. The molecular weight excluding hydrogens is 276 g/mol. The van der Waals surface area contributed by atoms with E-state index in [4.69, 9.17) is 16.3 Å². The number of amides is 1. The number of halogens is 1. The number of rotatable bonds is 4. The van der Waals surface area contributed by atoms with Crippen molar-refractivity contribution >= 4 is 23.2 Å². The number of ether oxygens (including phenoxy) is 1. The van der Waals surface area contributed by atoms with Gasteiger partial charge in [-0.2, -0.15) is 0 Å². The van der Waals surface area contributed by atoms with Crippen molar-refractivity contribution in [2.45, 2.75) is 25.9 Å². The van der Waals surface area contributed by atoms with Crippen molar-refractivity contribution in [2.24, 2.45) is 0 Å². The van der Waals surface area contributed by atoms with Crippen LogP contribution in [0.1, 0.15) is 20.3 Å². The summed E-state index contributed by atoms with van der Waals surface area (Å²) in [6, 6.07) is 7.26. The lowest BCUT2D eigenvalue weighted by atomic mass is 10.1. The highest BCUT2D eigenvalue weighted by Crippen LogP contribution is 2.21. The number of morpholine rings is 1. The third kappa shape index (κ3) is 4.47. The molecule has 1 aromatic rings. The molecule has 110 valence electrons. The molecule has 1 heterocycles. The van der Waals surface area contributed by atoms with Crippen molar-refractivity contribution in [1.29, 1.82) is 0 Å². The van der Waals surface area contributed by atoms with E-state index in [9.17, 15) is 4.79 Å². The van der Waals surface area contributed by atoms with Gasteiger partial charge in [-0.1, -0.05) is 23.7 Å². The van der Waals surface area contributed by atoms with Gasteiger partial charge in [-0.15, -0.1) is 0 Å². The van der Waals surface area contributed by atoms with Gasteiger partial charge in [0.1, 0.15) is 0 Å². The Labute approximate surface area is 125 Å². The number of hydrogen-bond acceptors (Lipinski definition) is 3. The van der Waals surface area contributed by atoms with E-state index in [0.717, 1.165) is 26.2 Å². The van der Waals surface area contributed by atoms with Gasteiger partial charge in [0.25, 0.3) is 0 Å². The van der Waals surface area contributed by atoms with Gasteiger partial charge < -0.3 is 10.1 Å². The second-order valence-electron chi connectivity index (χ2n) is 5.66. The number of carbonyl (C=O) groups is 1. The molecular formula is C15H21ClN2O2. The normalized spacial score (nSPS) is 18.8. The lowest BCUT2D eigenvalue weighted by Gasteiger charge is -2.38. The van der Waals surface area contributed by atoms with Gasteiger partial charge in [-0.3, -0.25) is 9.69 Å². The van der Waals surface area contributed by atoms with Crippen LogP contribution in [-0.4, -0.2) is 42.6 Å². The fourth-order valence-corrected chi connectivity index (χ4v) is 2.52. The van der Waals surface area contributed by atoms with Crippen molar-refractivity contribution in [3.8, 4) is 0 Å². The topological polar surface area (TPSA) is 41.6 Å². The number of nitrogens with zero attached hydrogens (tertiary/aromatic N) is 1. The first-order valence-electron chi connectivity index (χ1n) is 6.87. The van der Waals surface area contributed by atoms with Crippen molar-refractivity contribution in [1.82, 2.24) is 4.90 Å². The zero-order chi connectivity index (χ0) is 14.6. The molecule has 1 saturated heterocycles. The molecule has 1 aromatic carbocycles. The first kappa shape index (κ1) is 15.3. The molecule has 0 unspecified atom stereocenters. The van der Waals surface area contributed by atoms with Gasteiger partial charge in [0, 0.05) is 26.1 Å². The van der Waals surface area contributed by atoms with E-state index in [1.807, 2.05) is 12.1 Å². The summed E-state index contributed by atoms with van der Waals surface area (Å²) >= 11 is 6.01. The predicted octanol–water partition coefficient (Wildman–Crippen LogP) is 2.78. The zero-order valence-electron chi connectivity index (χ0n) is 12.0. The van der Waals surface area contributed by atoms with Crippen LogP contribution in [0.5, 0.6) is 0 Å².